The maximum atomic E-state index is 12.5. The van der Waals surface area contributed by atoms with Crippen LogP contribution in [-0.4, -0.2) is 225 Å². The monoisotopic (exact) mass is 1970 g/mol. The van der Waals surface area contributed by atoms with Crippen LogP contribution in [0.2, 0.25) is 0 Å². The van der Waals surface area contributed by atoms with E-state index in [4.69, 9.17) is 81.7 Å². The van der Waals surface area contributed by atoms with Crippen molar-refractivity contribution in [3.63, 3.8) is 0 Å². The first-order valence-electron chi connectivity index (χ1n) is 35.6. The number of carboxylic acids is 16. The first-order valence-corrected chi connectivity index (χ1v) is 35.6. The van der Waals surface area contributed by atoms with Crippen LogP contribution >= 0.6 is 0 Å². The van der Waals surface area contributed by atoms with Crippen molar-refractivity contribution in [1.29, 1.82) is 0 Å². The second kappa shape index (κ2) is 47.1. The van der Waals surface area contributed by atoms with Crippen molar-refractivity contribution in [3.05, 3.63) is 344 Å². The van der Waals surface area contributed by atoms with Crippen LogP contribution < -0.4 is 22.5 Å². The van der Waals surface area contributed by atoms with Crippen LogP contribution in [0, 0.1) is 0 Å². The van der Waals surface area contributed by atoms with E-state index in [-0.39, 0.29) is 140 Å². The zero-order chi connectivity index (χ0) is 101. The lowest BCUT2D eigenvalue weighted by atomic mass is 9.91. The fraction of sp³-hybridized carbons (Fsp3) is 0.0753. The van der Waals surface area contributed by atoms with Crippen LogP contribution in [-0.2, 0) is 14.2 Å². The van der Waals surface area contributed by atoms with Crippen molar-refractivity contribution in [2.75, 3.05) is 0 Å². The highest BCUT2D eigenvalue weighted by molar-refractivity contribution is 6.24. The molecule has 5 heterocycles. The number of ketones is 2. The van der Waals surface area contributed by atoms with Gasteiger partial charge in [0.2, 0.25) is 0 Å². The zero-order valence-corrected chi connectivity index (χ0v) is 65.6. The number of fused-ring (bicyclic) bond motifs is 6. The predicted molar refractivity (Wildman–Crippen MR) is 477 cm³/mol. The van der Waals surface area contributed by atoms with Crippen LogP contribution in [0.5, 0.6) is 0 Å². The summed E-state index contributed by atoms with van der Waals surface area (Å²) in [6, 6.07) is 27.3. The van der Waals surface area contributed by atoms with E-state index in [1.54, 1.807) is 0 Å². The summed E-state index contributed by atoms with van der Waals surface area (Å²) in [4.78, 5) is 313. The van der Waals surface area contributed by atoms with E-state index in [2.05, 4.69) is 23.0 Å². The Kier molecular flexibility index (Phi) is 38.8. The number of aromatic carboxylic acids is 16. The van der Waals surface area contributed by atoms with Crippen molar-refractivity contribution in [2.45, 2.75) is 52.0 Å². The number of rotatable bonds is 20. The molecule has 15 rings (SSSR count). The minimum Gasteiger partial charge on any atom is -0.478 e. The first-order chi connectivity index (χ1) is 63.2. The molecule has 0 fully saturated rings. The van der Waals surface area contributed by atoms with E-state index in [0.717, 1.165) is 97.1 Å². The van der Waals surface area contributed by atoms with Gasteiger partial charge in [-0.3, -0.25) is 9.59 Å². The van der Waals surface area contributed by atoms with Crippen molar-refractivity contribution in [3.8, 4) is 0 Å². The number of hydrogen-bond acceptors (Lipinski definition) is 33. The minimum atomic E-state index is -1.66. The number of carbonyl (C=O) groups is 24. The average molecular weight is 1970 g/mol. The number of esters is 6. The van der Waals surface area contributed by atoms with E-state index in [0.29, 0.717) is 12.1 Å². The molecule has 0 saturated carbocycles. The molecule has 3 aliphatic heterocycles. The molecule has 0 atom stereocenters. The summed E-state index contributed by atoms with van der Waals surface area (Å²) in [6.07, 6.45) is 0. The van der Waals surface area contributed by atoms with Gasteiger partial charge in [0.1, 0.15) is 0 Å². The van der Waals surface area contributed by atoms with Crippen LogP contribution in [0.15, 0.2) is 186 Å². The summed E-state index contributed by atoms with van der Waals surface area (Å²) in [6.45, 7) is 0. The molecule has 3 aliphatic rings. The Morgan fingerprint density at radius 3 is 0.542 bits per heavy atom. The summed E-state index contributed by atoms with van der Waals surface area (Å²) in [7, 11) is 0. The highest BCUT2D eigenvalue weighted by atomic mass is 16.6. The van der Waals surface area contributed by atoms with Crippen LogP contribution in [0.4, 0.5) is 0 Å². The number of ether oxygens (including phenoxy) is 3. The summed E-state index contributed by atoms with van der Waals surface area (Å²) in [5.41, 5.74) is -11.6. The van der Waals surface area contributed by atoms with Gasteiger partial charge in [-0.25, -0.2) is 125 Å². The topological polar surface area (TPSA) is 856 Å². The van der Waals surface area contributed by atoms with Gasteiger partial charge < -0.3 is 105 Å². The third-order valence-electron chi connectivity index (χ3n) is 18.5. The number of furan rings is 2. The molecular weight excluding hydrogens is 1900 g/mol. The molecular formula is C93H70O49. The molecule has 0 radical (unpaired) electrons. The number of carboxylic acid groups (broad SMARTS) is 16. The van der Waals surface area contributed by atoms with Gasteiger partial charge in [0, 0.05) is 33.0 Å². The summed E-state index contributed by atoms with van der Waals surface area (Å²) >= 11 is 0. The molecule has 49 nitrogen and oxygen atoms in total. The number of cyclic esters (lactones) is 6. The highest BCUT2D eigenvalue weighted by Gasteiger charge is 2.36. The lowest BCUT2D eigenvalue weighted by Gasteiger charge is -2.11. The lowest BCUT2D eigenvalue weighted by molar-refractivity contribution is 0.0425. The highest BCUT2D eigenvalue weighted by Crippen LogP contribution is 2.33. The Morgan fingerprint density at radius 1 is 0.162 bits per heavy atom. The molecule has 142 heavy (non-hydrogen) atoms. The van der Waals surface area contributed by atoms with E-state index < -0.39 is 254 Å². The van der Waals surface area contributed by atoms with Crippen LogP contribution in [0.3, 0.4) is 0 Å². The number of carbonyl (C=O) groups excluding carboxylic acids is 8. The molecule has 0 aliphatic carbocycles. The van der Waals surface area contributed by atoms with Gasteiger partial charge in [0.15, 0.2) is 11.6 Å². The molecule has 0 spiro atoms. The molecule has 0 amide bonds. The van der Waals surface area contributed by atoms with Crippen molar-refractivity contribution in [1.82, 2.24) is 0 Å². The molecule has 49 heteroatoms. The van der Waals surface area contributed by atoms with E-state index in [1.165, 1.54) is 48.5 Å². The number of benzene rings is 10. The molecule has 16 N–H and O–H groups in total. The molecule has 736 valence electrons. The first kappa shape index (κ1) is 117. The molecule has 0 bridgehead atoms. The fourth-order valence-electron chi connectivity index (χ4n) is 12.3. The van der Waals surface area contributed by atoms with Crippen molar-refractivity contribution in [2.24, 2.45) is 0 Å². The standard InChI is InChI=1S/C17H10O9.C17H6O7.C14H8O8.C10H6O8.C10H2O6.C9H6O6.C9H4O5.7CH4/c18-13(7-1-3-9(14(19)20)11(5-7)16(23)24)8-2-4-10(15(21)22)12(6-8)17(25)26;18-13(7-1-3-9-11(5-7)16(21)23-14(9)19)8-2-4-10-12(6-8)17(22)24-15(10)20;15-11(16)5-1-2-6(12(17)18)10-8(14(21)22)4-3-7(9(5)10)13(19)20;11-7(12)3-1-4(8(13)14)6(10(17)18)2-5(3)9(15)16;11-7-3-1-4-6(10(14)16-8(4)12)2-5(3)9(13)15-7;10-7(11)4-1-2-5(8(12)13)6(3-4)9(14)15;10-7(11)4-1-2-5-6(3-4)9(13)14-8(5)12;;;;;;;/h1-6H,(H,19,20)(H,21,22)(H,23,24)(H,25,26);1-6H;1-4H,(H,15,16)(H,17,18)(H,19,20)(H,21,22);1-2H,(H,11,12)(H,13,14)(H,15,16)(H,17,18);1-2H;1-3H,(H,10,11)(H,12,13)(H,14,15);1-3H,(H,10,11);7*1H4. The Morgan fingerprint density at radius 2 is 0.324 bits per heavy atom. The van der Waals surface area contributed by atoms with E-state index in [1.807, 2.05) is 0 Å². The van der Waals surface area contributed by atoms with Gasteiger partial charge >= 0.3 is 154 Å². The molecule has 0 saturated heterocycles. The van der Waals surface area contributed by atoms with Crippen LogP contribution in [0.1, 0.15) is 312 Å². The third kappa shape index (κ3) is 24.7. The van der Waals surface area contributed by atoms with Gasteiger partial charge in [-0.15, -0.1) is 0 Å². The van der Waals surface area contributed by atoms with Gasteiger partial charge in [-0.2, -0.15) is 0 Å². The second-order valence-electron chi connectivity index (χ2n) is 26.4. The van der Waals surface area contributed by atoms with Gasteiger partial charge in [0.05, 0.1) is 144 Å². The Hall–Kier alpha value is -21.0. The Labute approximate surface area is 787 Å². The van der Waals surface area contributed by atoms with Crippen molar-refractivity contribution < 1.29 is 220 Å². The quantitative estimate of drug-likeness (QED) is 0.0146. The maximum absolute atomic E-state index is 12.5. The van der Waals surface area contributed by atoms with Gasteiger partial charge in [-0.1, -0.05) is 76.3 Å². The van der Waals surface area contributed by atoms with Crippen molar-refractivity contribution >= 4 is 175 Å². The average Bonchev–Trinajstić information content (AvgIpc) is 0.806. The maximum Gasteiger partial charge on any atom is 0.346 e. The summed E-state index contributed by atoms with van der Waals surface area (Å²) < 4.78 is 21.9. The smallest absolute Gasteiger partial charge is 0.346 e. The van der Waals surface area contributed by atoms with Gasteiger partial charge in [0.25, 0.3) is 0 Å². The van der Waals surface area contributed by atoms with E-state index >= 15 is 0 Å². The van der Waals surface area contributed by atoms with E-state index in [9.17, 15) is 134 Å². The predicted octanol–water partition coefficient (Wildman–Crippen LogP) is 10.8. The summed E-state index contributed by atoms with van der Waals surface area (Å²) in [5.74, 6) is -30.0. The lowest BCUT2D eigenvalue weighted by Crippen LogP contribution is -2.15. The Bertz CT molecular complexity index is 7160. The SMILES string of the molecule is C.C.C.C.C.C.C.O=C(O)c1cc(C(=O)O)c(C(=O)O)cc1C(=O)O.O=C(O)c1ccc(C(=O)O)c(C(=O)O)c1.O=C(O)c1ccc(C(=O)O)c2c(C(=O)O)ccc(C(=O)O)c12.O=C(O)c1ccc2c(c1)C(=O)OC2=O.O=C(c1ccc(C(=O)O)c(C(=O)O)c1)c1ccc(C(=O)O)c(C(=O)O)c1.O=C(c1ccc2c(c1)C(=O)OC2=O)c1ccc2c(c1)C(=O)OC2=O.O=c1oc(=O)c2cc3c(=O)oc(=O)c3cc12. The fourth-order valence-corrected chi connectivity index (χ4v) is 12.3. The van der Waals surface area contributed by atoms with Gasteiger partial charge in [-0.05, 0) is 133 Å². The zero-order valence-electron chi connectivity index (χ0n) is 65.6. The molecule has 2 aromatic heterocycles. The normalized spacial score (nSPS) is 10.9. The Balaban J connectivity index is 0.000000561. The largest absolute Gasteiger partial charge is 0.478 e. The number of hydrogen-bond donors (Lipinski definition) is 16. The third-order valence-corrected chi connectivity index (χ3v) is 18.5. The molecule has 0 unspecified atom stereocenters. The minimum absolute atomic E-state index is 0. The second-order valence-corrected chi connectivity index (χ2v) is 26.4. The molecule has 12 aromatic rings. The summed E-state index contributed by atoms with van der Waals surface area (Å²) in [5, 5.41) is 141. The van der Waals surface area contributed by atoms with Crippen LogP contribution in [0.25, 0.3) is 32.3 Å². The molecule has 10 aromatic carbocycles.